The van der Waals surface area contributed by atoms with Gasteiger partial charge in [0.2, 0.25) is 11.8 Å². The number of carbonyl (C=O) groups is 6. The van der Waals surface area contributed by atoms with E-state index < -0.39 is 23.9 Å². The predicted molar refractivity (Wildman–Crippen MR) is 358 cm³/mol. The van der Waals surface area contributed by atoms with E-state index in [-0.39, 0.29) is 69.7 Å². The molecular formula is C76H52N4O12. The van der Waals surface area contributed by atoms with Crippen molar-refractivity contribution in [3.63, 3.8) is 0 Å². The largest absolute Gasteiger partial charge is 0.493 e. The van der Waals surface area contributed by atoms with E-state index in [1.807, 2.05) is 116 Å². The van der Waals surface area contributed by atoms with Gasteiger partial charge in [0.1, 0.15) is 0 Å². The van der Waals surface area contributed by atoms with Crippen LogP contribution in [0.5, 0.6) is 0 Å². The number of nitrogens with one attached hydrogen (secondary N) is 2. The lowest BCUT2D eigenvalue weighted by Gasteiger charge is -2.21. The monoisotopic (exact) mass is 1210 g/mol. The molecule has 0 aliphatic carbocycles. The van der Waals surface area contributed by atoms with Crippen molar-refractivity contribution in [2.75, 3.05) is 0 Å². The zero-order valence-electron chi connectivity index (χ0n) is 48.9. The average molecular weight is 1210 g/mol. The highest BCUT2D eigenvalue weighted by Crippen LogP contribution is 2.47. The number of hydrogen-bond donors (Lipinski definition) is 8. The predicted octanol–water partition coefficient (Wildman–Crippen LogP) is 16.0. The quantitative estimate of drug-likeness (QED) is 0.0206. The van der Waals surface area contributed by atoms with Gasteiger partial charge < -0.3 is 41.3 Å². The van der Waals surface area contributed by atoms with Gasteiger partial charge in [-0.25, -0.2) is 29.2 Å². The first-order chi connectivity index (χ1) is 44.6. The van der Waals surface area contributed by atoms with Crippen molar-refractivity contribution in [2.24, 2.45) is 9.98 Å². The molecule has 0 unspecified atom stereocenters. The number of rotatable bonds is 15. The summed E-state index contributed by atoms with van der Waals surface area (Å²) in [7, 11) is 0. The minimum absolute atomic E-state index is 0.107. The molecule has 16 heteroatoms. The number of amides is 2. The van der Waals surface area contributed by atoms with Crippen molar-refractivity contribution in [1.29, 1.82) is 0 Å². The molecule has 0 aliphatic heterocycles. The second kappa shape index (κ2) is 23.8. The summed E-state index contributed by atoms with van der Waals surface area (Å²) >= 11 is 0. The molecule has 14 aromatic carbocycles. The van der Waals surface area contributed by atoms with Crippen molar-refractivity contribution in [3.8, 4) is 0 Å². The van der Waals surface area contributed by atoms with Crippen molar-refractivity contribution in [2.45, 2.75) is 26.4 Å². The van der Waals surface area contributed by atoms with Crippen LogP contribution in [0.2, 0.25) is 0 Å². The molecule has 0 bridgehead atoms. The third-order valence-corrected chi connectivity index (χ3v) is 16.8. The van der Waals surface area contributed by atoms with E-state index in [2.05, 4.69) is 20.6 Å². The van der Waals surface area contributed by atoms with E-state index in [1.165, 1.54) is 24.3 Å². The van der Waals surface area contributed by atoms with Crippen LogP contribution in [0.25, 0.3) is 86.2 Å². The normalized spacial score (nSPS) is 11.9. The molecule has 16 nitrogen and oxygen atoms in total. The topological polar surface area (TPSA) is 273 Å². The summed E-state index contributed by atoms with van der Waals surface area (Å²) in [6.07, 6.45) is 0.529. The van der Waals surface area contributed by atoms with Gasteiger partial charge in [-0.2, -0.15) is 0 Å². The van der Waals surface area contributed by atoms with Crippen molar-refractivity contribution in [1.82, 2.24) is 10.6 Å². The first-order valence-corrected chi connectivity index (χ1v) is 29.3. The molecule has 14 aromatic rings. The molecule has 0 atom stereocenters. The zero-order chi connectivity index (χ0) is 64.1. The van der Waals surface area contributed by atoms with Gasteiger partial charge in [0.15, 0.2) is 0 Å². The van der Waals surface area contributed by atoms with Crippen LogP contribution in [0.15, 0.2) is 222 Å². The Bertz CT molecular complexity index is 5260. The molecule has 0 saturated carbocycles. The third kappa shape index (κ3) is 10.2. The highest BCUT2D eigenvalue weighted by molar-refractivity contribution is 6.40. The van der Waals surface area contributed by atoms with Crippen LogP contribution in [0, 0.1) is 0 Å². The van der Waals surface area contributed by atoms with Crippen LogP contribution in [-0.4, -0.2) is 78.1 Å². The fourth-order valence-corrected chi connectivity index (χ4v) is 12.8. The lowest BCUT2D eigenvalue weighted by molar-refractivity contribution is 0.0681. The molecule has 0 aliphatic rings. The fourth-order valence-electron chi connectivity index (χ4n) is 12.8. The van der Waals surface area contributed by atoms with Crippen molar-refractivity contribution in [3.05, 3.63) is 274 Å². The van der Waals surface area contributed by atoms with E-state index in [0.29, 0.717) is 110 Å². The molecule has 92 heavy (non-hydrogen) atoms. The number of fused-ring (bicyclic) bond motifs is 4. The average Bonchev–Trinajstić information content (AvgIpc) is 0.705. The Labute approximate surface area is 522 Å². The van der Waals surface area contributed by atoms with Crippen LogP contribution in [0.4, 0.5) is 11.4 Å². The van der Waals surface area contributed by atoms with Gasteiger partial charge in [0.05, 0.1) is 33.6 Å². The maximum Gasteiger partial charge on any atom is 0.336 e. The van der Waals surface area contributed by atoms with E-state index >= 15 is 0 Å². The minimum Gasteiger partial charge on any atom is -0.493 e. The molecule has 14 rings (SSSR count). The number of aromatic carboxylic acids is 4. The van der Waals surface area contributed by atoms with E-state index in [4.69, 9.17) is 0 Å². The van der Waals surface area contributed by atoms with E-state index in [0.717, 1.165) is 22.1 Å². The fraction of sp³-hybridized carbons (Fsp3) is 0.0526. The number of aliphatic hydroxyl groups excluding tert-OH is 2. The van der Waals surface area contributed by atoms with Crippen LogP contribution in [-0.2, 0) is 19.5 Å². The second-order valence-corrected chi connectivity index (χ2v) is 22.0. The SMILES string of the molecule is CCc1cc(C(O)=Nc2ccccc2)c2c(C(O)=Nc3ccccc3)ccc3c4ccc(C(=O)O)c5c(C(=O)O)ccc(c1c23)c54.O=C(O)c1ccc2c3ccc(C(=O)NCc4ccccc4)c4c(C(=O)NCc5ccccc5)ccc(c5ccc(C(=O)O)c1c25)c43. The second-order valence-electron chi connectivity index (χ2n) is 22.0. The Morgan fingerprint density at radius 3 is 0.967 bits per heavy atom. The minimum atomic E-state index is -1.24. The van der Waals surface area contributed by atoms with Crippen molar-refractivity contribution >= 4 is 145 Å². The van der Waals surface area contributed by atoms with Crippen molar-refractivity contribution < 1.29 is 59.4 Å². The Morgan fingerprint density at radius 1 is 0.304 bits per heavy atom. The number of carbonyl (C=O) groups excluding carboxylic acids is 2. The summed E-state index contributed by atoms with van der Waals surface area (Å²) < 4.78 is 0. The molecule has 0 aromatic heterocycles. The molecule has 8 N–H and O–H groups in total. The molecule has 0 spiro atoms. The number of aryl methyl sites for hydroxylation is 1. The van der Waals surface area contributed by atoms with E-state index in [1.54, 1.807) is 78.9 Å². The van der Waals surface area contributed by atoms with Gasteiger partial charge in [-0.3, -0.25) is 9.59 Å². The number of carboxylic acids is 4. The Balaban J connectivity index is 0.000000168. The molecule has 0 saturated heterocycles. The molecule has 0 heterocycles. The van der Waals surface area contributed by atoms with Crippen LogP contribution < -0.4 is 10.6 Å². The van der Waals surface area contributed by atoms with Gasteiger partial charge in [-0.05, 0) is 161 Å². The highest BCUT2D eigenvalue weighted by Gasteiger charge is 2.29. The molecule has 448 valence electrons. The summed E-state index contributed by atoms with van der Waals surface area (Å²) in [5.74, 6) is -6.17. The van der Waals surface area contributed by atoms with Gasteiger partial charge >= 0.3 is 23.9 Å². The number of aliphatic imine (C=N–C) groups is 2. The first-order valence-electron chi connectivity index (χ1n) is 29.3. The standard InChI is InChI=1S/2C38H26N2O6/c41-35(39-19-21-7-3-1-4-8-21)27-15-11-23-25-13-17-29(37(43)44)34-30(38(45)46)18-14-26(32(25)34)24-12-16-28(33(27)31(23)24)36(42)40-20-22-9-5-2-6-10-22;1-2-20-19-29(36(42)40-22-11-7-4-8-12-22)32-26(35(41)39-21-9-5-3-6-10-21)16-13-24-23-14-17-27(37(43)44)33-28(38(45)46)18-15-25(31(23)33)30(20)34(24)32/h1-18H,19-20H2,(H,39,41)(H,40,42)(H,43,44)(H,45,46);3-19H,2H2,1H3,(H,39,41)(H,40,42)(H,43,44)(H,45,46). The van der Waals surface area contributed by atoms with Gasteiger partial charge in [0.25, 0.3) is 11.8 Å². The number of nitrogens with zero attached hydrogens (tertiary/aromatic N) is 2. The number of para-hydroxylation sites is 2. The molecular weight excluding hydrogens is 1160 g/mol. The first kappa shape index (κ1) is 58.5. The number of hydrogen-bond acceptors (Lipinski definition) is 8. The number of carboxylic acid groups (broad SMARTS) is 4. The lowest BCUT2D eigenvalue weighted by atomic mass is 9.82. The van der Waals surface area contributed by atoms with Gasteiger partial charge in [-0.1, -0.05) is 146 Å². The van der Waals surface area contributed by atoms with E-state index in [9.17, 15) is 59.4 Å². The molecule has 0 fully saturated rings. The maximum absolute atomic E-state index is 13.8. The Hall–Kier alpha value is -12.6. The summed E-state index contributed by atoms with van der Waals surface area (Å²) in [4.78, 5) is 85.8. The zero-order valence-corrected chi connectivity index (χ0v) is 48.9. The van der Waals surface area contributed by atoms with Crippen LogP contribution in [0.3, 0.4) is 0 Å². The lowest BCUT2D eigenvalue weighted by Crippen LogP contribution is -2.26. The summed E-state index contributed by atoms with van der Waals surface area (Å²) in [6, 6.07) is 61.7. The summed E-state index contributed by atoms with van der Waals surface area (Å²) in [6.45, 7) is 2.54. The number of benzene rings is 14. The maximum atomic E-state index is 13.8. The molecule has 2 amide bonds. The van der Waals surface area contributed by atoms with Crippen LogP contribution >= 0.6 is 0 Å². The smallest absolute Gasteiger partial charge is 0.336 e. The molecule has 0 radical (unpaired) electrons. The summed E-state index contributed by atoms with van der Waals surface area (Å²) in [5.41, 5.74) is 4.66. The van der Waals surface area contributed by atoms with Gasteiger partial charge in [0, 0.05) is 56.9 Å². The highest BCUT2D eigenvalue weighted by atomic mass is 16.4. The summed E-state index contributed by atoms with van der Waals surface area (Å²) in [5, 5.41) is 78.1. The third-order valence-electron chi connectivity index (χ3n) is 16.8. The van der Waals surface area contributed by atoms with Crippen LogP contribution in [0.1, 0.15) is 96.9 Å². The Kier molecular flexibility index (Phi) is 15.2. The Morgan fingerprint density at radius 2 is 0.598 bits per heavy atom. The van der Waals surface area contributed by atoms with Gasteiger partial charge in [-0.15, -0.1) is 0 Å². The number of aliphatic hydroxyl groups is 2.